The minimum Gasteiger partial charge on any atom is -0.496 e. The highest BCUT2D eigenvalue weighted by Gasteiger charge is 2.35. The Morgan fingerprint density at radius 2 is 1.93 bits per heavy atom. The number of nitrogens with one attached hydrogen (secondary N) is 1. The molecule has 0 bridgehead atoms. The maximum Gasteiger partial charge on any atom is 0.214 e. The fourth-order valence-electron chi connectivity index (χ4n) is 2.17. The van der Waals surface area contributed by atoms with E-state index < -0.39 is 10.0 Å². The van der Waals surface area contributed by atoms with Gasteiger partial charge in [-0.25, -0.2) is 13.1 Å². The smallest absolute Gasteiger partial charge is 0.214 e. The number of sulfonamides is 1. The Morgan fingerprint density at radius 1 is 1.26 bits per heavy atom. The molecule has 1 heterocycles. The molecule has 1 saturated carbocycles. The van der Waals surface area contributed by atoms with Crippen LogP contribution in [-0.2, 0) is 10.0 Å². The Bertz CT molecular complexity index is 863. The zero-order valence-electron chi connectivity index (χ0n) is 16.2. The average Bonchev–Trinajstić information content (AvgIpc) is 3.32. The summed E-state index contributed by atoms with van der Waals surface area (Å²) in [5.74, 6) is 1.40. The average molecular weight is 460 g/mol. The molecule has 10 heteroatoms. The van der Waals surface area contributed by atoms with Crippen molar-refractivity contribution in [2.75, 3.05) is 7.11 Å². The predicted octanol–water partition coefficient (Wildman–Crippen LogP) is 3.17. The molecule has 1 aromatic heterocycles. The molecule has 1 aliphatic rings. The fraction of sp³-hybridized carbons (Fsp3) is 0.588. The van der Waals surface area contributed by atoms with E-state index in [1.807, 2.05) is 45.9 Å². The third kappa shape index (κ3) is 6.25. The van der Waals surface area contributed by atoms with Crippen molar-refractivity contribution in [1.29, 1.82) is 0 Å². The van der Waals surface area contributed by atoms with E-state index in [-0.39, 0.29) is 17.3 Å². The van der Waals surface area contributed by atoms with Gasteiger partial charge in [0, 0.05) is 11.6 Å². The first kappa shape index (κ1) is 21.8. The first-order chi connectivity index (χ1) is 12.6. The van der Waals surface area contributed by atoms with E-state index in [2.05, 4.69) is 36.1 Å². The lowest BCUT2D eigenvalue weighted by molar-refractivity contribution is 0.412. The van der Waals surface area contributed by atoms with Gasteiger partial charge in [-0.3, -0.25) is 0 Å². The molecule has 27 heavy (non-hydrogen) atoms. The van der Waals surface area contributed by atoms with Crippen LogP contribution in [0.25, 0.3) is 11.4 Å². The minimum atomic E-state index is -2.94. The quantitative estimate of drug-likeness (QED) is 0.711. The van der Waals surface area contributed by atoms with E-state index in [0.29, 0.717) is 5.82 Å². The first-order valence-corrected chi connectivity index (χ1v) is 11.1. The van der Waals surface area contributed by atoms with E-state index in [9.17, 15) is 8.42 Å². The molecule has 0 atom stereocenters. The zero-order chi connectivity index (χ0) is 20.2. The molecule has 0 unspecified atom stereocenters. The van der Waals surface area contributed by atoms with Crippen molar-refractivity contribution >= 4 is 26.0 Å². The normalized spacial score (nSPS) is 14.2. The summed E-state index contributed by atoms with van der Waals surface area (Å²) >= 11 is 3.43. The number of hydrogen-bond donors (Lipinski definition) is 1. The standard InChI is InChI=1S/C11H13BrN4O.C6H13NO2S/c1-7(2)16-14-11(13-15-16)8-4-5-10(17-3)9(12)6-8;1-5(2)7-10(8,9)6-3-4-6/h4-7H,1-3H3;5-7H,3-4H2,1-2H3. The van der Waals surface area contributed by atoms with Crippen molar-refractivity contribution in [2.45, 2.75) is 57.9 Å². The lowest BCUT2D eigenvalue weighted by Crippen LogP contribution is -2.32. The van der Waals surface area contributed by atoms with Crippen LogP contribution in [-0.4, -0.2) is 47.0 Å². The van der Waals surface area contributed by atoms with Crippen molar-refractivity contribution in [3.05, 3.63) is 22.7 Å². The Hall–Kier alpha value is -1.52. The molecule has 8 nitrogen and oxygen atoms in total. The minimum absolute atomic E-state index is 0.0330. The van der Waals surface area contributed by atoms with E-state index in [1.165, 1.54) is 0 Å². The van der Waals surface area contributed by atoms with Crippen molar-refractivity contribution < 1.29 is 13.2 Å². The van der Waals surface area contributed by atoms with Gasteiger partial charge in [-0.05, 0) is 79.9 Å². The van der Waals surface area contributed by atoms with Crippen LogP contribution in [0.5, 0.6) is 5.75 Å². The maximum absolute atomic E-state index is 11.1. The van der Waals surface area contributed by atoms with Gasteiger partial charge in [0.2, 0.25) is 15.8 Å². The number of hydrogen-bond acceptors (Lipinski definition) is 6. The summed E-state index contributed by atoms with van der Waals surface area (Å²) in [6.45, 7) is 7.69. The first-order valence-electron chi connectivity index (χ1n) is 8.78. The number of tetrazole rings is 1. The highest BCUT2D eigenvalue weighted by atomic mass is 79.9. The summed E-state index contributed by atoms with van der Waals surface area (Å²) in [5.41, 5.74) is 0.907. The van der Waals surface area contributed by atoms with Gasteiger partial charge >= 0.3 is 0 Å². The highest BCUT2D eigenvalue weighted by Crippen LogP contribution is 2.29. The SMILES string of the molecule is CC(C)NS(=O)(=O)C1CC1.COc1ccc(-c2nnn(C(C)C)n2)cc1Br. The molecule has 1 aliphatic carbocycles. The predicted molar refractivity (Wildman–Crippen MR) is 108 cm³/mol. The summed E-state index contributed by atoms with van der Waals surface area (Å²) in [4.78, 5) is 1.59. The Labute approximate surface area is 168 Å². The van der Waals surface area contributed by atoms with Crippen LogP contribution < -0.4 is 9.46 Å². The van der Waals surface area contributed by atoms with Crippen LogP contribution >= 0.6 is 15.9 Å². The van der Waals surface area contributed by atoms with Crippen molar-refractivity contribution in [1.82, 2.24) is 24.9 Å². The summed E-state index contributed by atoms with van der Waals surface area (Å²) in [5, 5.41) is 12.2. The molecular formula is C17H26BrN5O3S. The van der Waals surface area contributed by atoms with Crippen LogP contribution in [0.1, 0.15) is 46.6 Å². The van der Waals surface area contributed by atoms with Crippen molar-refractivity contribution in [2.24, 2.45) is 0 Å². The largest absolute Gasteiger partial charge is 0.496 e. The second-order valence-corrected chi connectivity index (χ2v) is 9.74. The third-order valence-corrected chi connectivity index (χ3v) is 6.43. The second-order valence-electron chi connectivity index (χ2n) is 6.89. The number of methoxy groups -OCH3 is 1. The summed E-state index contributed by atoms with van der Waals surface area (Å²) in [7, 11) is -1.30. The Morgan fingerprint density at radius 3 is 2.37 bits per heavy atom. The van der Waals surface area contributed by atoms with E-state index in [4.69, 9.17) is 4.74 Å². The lowest BCUT2D eigenvalue weighted by atomic mass is 10.2. The van der Waals surface area contributed by atoms with Crippen LogP contribution in [0.3, 0.4) is 0 Å². The number of rotatable bonds is 6. The number of aromatic nitrogens is 4. The topological polar surface area (TPSA) is 99.0 Å². The molecule has 150 valence electrons. The Kier molecular flexibility index (Phi) is 7.35. The molecule has 0 radical (unpaired) electrons. The van der Waals surface area contributed by atoms with E-state index in [1.54, 1.807) is 11.9 Å². The molecule has 1 fully saturated rings. The van der Waals surface area contributed by atoms with E-state index in [0.717, 1.165) is 28.6 Å². The van der Waals surface area contributed by atoms with Gasteiger partial charge in [-0.1, -0.05) is 0 Å². The third-order valence-electron chi connectivity index (χ3n) is 3.66. The number of ether oxygens (including phenoxy) is 1. The summed E-state index contributed by atoms with van der Waals surface area (Å²) in [6.07, 6.45) is 1.67. The molecule has 3 rings (SSSR count). The molecule has 0 aliphatic heterocycles. The maximum atomic E-state index is 11.1. The van der Waals surface area contributed by atoms with Crippen LogP contribution in [0, 0.1) is 0 Å². The van der Waals surface area contributed by atoms with Gasteiger partial charge < -0.3 is 4.74 Å². The molecule has 0 saturated heterocycles. The monoisotopic (exact) mass is 459 g/mol. The fourth-order valence-corrected chi connectivity index (χ4v) is 4.31. The lowest BCUT2D eigenvalue weighted by Gasteiger charge is -2.07. The van der Waals surface area contributed by atoms with E-state index >= 15 is 0 Å². The van der Waals surface area contributed by atoms with Gasteiger partial charge in [-0.2, -0.15) is 4.80 Å². The zero-order valence-corrected chi connectivity index (χ0v) is 18.6. The van der Waals surface area contributed by atoms with Crippen molar-refractivity contribution in [3.63, 3.8) is 0 Å². The molecule has 1 aromatic carbocycles. The number of halogens is 1. The van der Waals surface area contributed by atoms with Gasteiger partial charge in [0.05, 0.1) is 22.9 Å². The number of benzene rings is 1. The molecule has 0 amide bonds. The van der Waals surface area contributed by atoms with Gasteiger partial charge in [0.15, 0.2) is 0 Å². The molecule has 2 aromatic rings. The summed E-state index contributed by atoms with van der Waals surface area (Å²) in [6, 6.07) is 5.94. The van der Waals surface area contributed by atoms with Gasteiger partial charge in [0.1, 0.15) is 5.75 Å². The molecule has 0 spiro atoms. The van der Waals surface area contributed by atoms with Crippen LogP contribution in [0.2, 0.25) is 0 Å². The highest BCUT2D eigenvalue weighted by molar-refractivity contribution is 9.10. The second kappa shape index (κ2) is 9.11. The summed E-state index contributed by atoms with van der Waals surface area (Å²) < 4.78 is 30.8. The van der Waals surface area contributed by atoms with Gasteiger partial charge in [-0.15, -0.1) is 10.2 Å². The van der Waals surface area contributed by atoms with Gasteiger partial charge in [0.25, 0.3) is 0 Å². The number of nitrogens with zero attached hydrogens (tertiary/aromatic N) is 4. The van der Waals surface area contributed by atoms with Crippen LogP contribution in [0.4, 0.5) is 0 Å². The van der Waals surface area contributed by atoms with Crippen LogP contribution in [0.15, 0.2) is 22.7 Å². The molecule has 1 N–H and O–H groups in total. The van der Waals surface area contributed by atoms with Crippen molar-refractivity contribution in [3.8, 4) is 17.1 Å². The molecular weight excluding hydrogens is 434 g/mol. The Balaban J connectivity index is 0.000000223.